The van der Waals surface area contributed by atoms with Crippen molar-refractivity contribution in [1.29, 1.82) is 0 Å². The van der Waals surface area contributed by atoms with Gasteiger partial charge in [0.1, 0.15) is 11.8 Å². The van der Waals surface area contributed by atoms with Crippen LogP contribution in [0.1, 0.15) is 29.7 Å². The Morgan fingerprint density at radius 1 is 1.19 bits per heavy atom. The summed E-state index contributed by atoms with van der Waals surface area (Å²) in [7, 11) is 3.18. The third kappa shape index (κ3) is 4.21. The fraction of sp³-hybridized carbons (Fsp3) is 0.409. The summed E-state index contributed by atoms with van der Waals surface area (Å²) in [4.78, 5) is 40.4. The first-order chi connectivity index (χ1) is 15.0. The van der Waals surface area contributed by atoms with Crippen molar-refractivity contribution < 1.29 is 28.3 Å². The Kier molecular flexibility index (Phi) is 5.83. The number of carbonyl (C=O) groups excluding carboxylic acids is 3. The van der Waals surface area contributed by atoms with Crippen LogP contribution in [0.2, 0.25) is 0 Å². The Hall–Kier alpha value is -3.49. The second-order valence-corrected chi connectivity index (χ2v) is 7.59. The third-order valence-electron chi connectivity index (χ3n) is 5.72. The summed E-state index contributed by atoms with van der Waals surface area (Å²) in [6.45, 7) is 1.15. The van der Waals surface area contributed by atoms with Crippen molar-refractivity contribution >= 4 is 17.8 Å². The van der Waals surface area contributed by atoms with E-state index in [-0.39, 0.29) is 31.2 Å². The summed E-state index contributed by atoms with van der Waals surface area (Å²) in [5.74, 6) is 1.45. The molecule has 31 heavy (non-hydrogen) atoms. The summed E-state index contributed by atoms with van der Waals surface area (Å²) in [5, 5.41) is 2.66. The Labute approximate surface area is 179 Å². The van der Waals surface area contributed by atoms with Gasteiger partial charge in [-0.15, -0.1) is 0 Å². The highest BCUT2D eigenvalue weighted by Crippen LogP contribution is 2.33. The van der Waals surface area contributed by atoms with Gasteiger partial charge < -0.3 is 24.1 Å². The molecule has 4 amide bonds. The zero-order valence-corrected chi connectivity index (χ0v) is 17.6. The van der Waals surface area contributed by atoms with Crippen LogP contribution in [0.3, 0.4) is 0 Å². The number of furan rings is 1. The smallest absolute Gasteiger partial charge is 0.325 e. The van der Waals surface area contributed by atoms with Crippen LogP contribution in [0.15, 0.2) is 34.9 Å². The topological polar surface area (TPSA) is 101 Å². The third-order valence-corrected chi connectivity index (χ3v) is 5.72. The molecule has 1 saturated heterocycles. The van der Waals surface area contributed by atoms with Gasteiger partial charge in [-0.2, -0.15) is 0 Å². The summed E-state index contributed by atoms with van der Waals surface area (Å²) in [5.41, 5.74) is 2.15. The SMILES string of the molecule is COc1cc2c(cc1OC)CN(C(=O)CC[C@@H]1NC(=O)N(Cc3ccco3)C1=O)CC2. The molecule has 164 valence electrons. The molecule has 2 aliphatic heterocycles. The molecule has 0 aliphatic carbocycles. The van der Waals surface area contributed by atoms with Crippen molar-refractivity contribution in [3.8, 4) is 11.5 Å². The molecule has 9 heteroatoms. The lowest BCUT2D eigenvalue weighted by Crippen LogP contribution is -2.37. The summed E-state index contributed by atoms with van der Waals surface area (Å²) < 4.78 is 15.9. The highest BCUT2D eigenvalue weighted by molar-refractivity contribution is 6.04. The van der Waals surface area contributed by atoms with Crippen LogP contribution < -0.4 is 14.8 Å². The van der Waals surface area contributed by atoms with Gasteiger partial charge >= 0.3 is 6.03 Å². The van der Waals surface area contributed by atoms with E-state index in [1.807, 2.05) is 12.1 Å². The molecule has 1 aromatic heterocycles. The number of fused-ring (bicyclic) bond motifs is 1. The van der Waals surface area contributed by atoms with Crippen molar-refractivity contribution in [2.75, 3.05) is 20.8 Å². The summed E-state index contributed by atoms with van der Waals surface area (Å²) >= 11 is 0. The van der Waals surface area contributed by atoms with Gasteiger partial charge in [0.2, 0.25) is 5.91 Å². The zero-order valence-electron chi connectivity index (χ0n) is 17.6. The number of hydrogen-bond acceptors (Lipinski definition) is 6. The lowest BCUT2D eigenvalue weighted by Gasteiger charge is -2.30. The molecule has 0 bridgehead atoms. The predicted molar refractivity (Wildman–Crippen MR) is 109 cm³/mol. The number of benzene rings is 1. The van der Waals surface area contributed by atoms with Gasteiger partial charge in [-0.1, -0.05) is 0 Å². The normalized spacial score (nSPS) is 18.1. The molecule has 0 unspecified atom stereocenters. The van der Waals surface area contributed by atoms with Gasteiger partial charge in [0, 0.05) is 19.5 Å². The van der Waals surface area contributed by atoms with E-state index >= 15 is 0 Å². The molecule has 3 heterocycles. The number of urea groups is 1. The van der Waals surface area contributed by atoms with Crippen LogP contribution in [0.25, 0.3) is 0 Å². The highest BCUT2D eigenvalue weighted by atomic mass is 16.5. The molecule has 4 rings (SSSR count). The molecule has 2 aliphatic rings. The lowest BCUT2D eigenvalue weighted by atomic mass is 9.98. The number of rotatable bonds is 7. The maximum atomic E-state index is 12.8. The molecule has 9 nitrogen and oxygen atoms in total. The van der Waals surface area contributed by atoms with Gasteiger partial charge in [-0.3, -0.25) is 14.5 Å². The highest BCUT2D eigenvalue weighted by Gasteiger charge is 2.38. The van der Waals surface area contributed by atoms with Crippen LogP contribution >= 0.6 is 0 Å². The molecular weight excluding hydrogens is 402 g/mol. The molecule has 0 saturated carbocycles. The summed E-state index contributed by atoms with van der Waals surface area (Å²) in [6, 6.07) is 6.10. The standard InChI is InChI=1S/C22H25N3O6/c1-29-18-10-14-7-8-24(12-15(14)11-19(18)30-2)20(26)6-5-17-21(27)25(22(28)23-17)13-16-4-3-9-31-16/h3-4,9-11,17H,5-8,12-13H2,1-2H3,(H,23,28)/t17-/m0/s1. The van der Waals surface area contributed by atoms with Gasteiger partial charge in [0.25, 0.3) is 5.91 Å². The minimum atomic E-state index is -0.701. The number of nitrogens with zero attached hydrogens (tertiary/aromatic N) is 2. The molecule has 1 N–H and O–H groups in total. The molecule has 1 aromatic carbocycles. The van der Waals surface area contributed by atoms with E-state index in [9.17, 15) is 14.4 Å². The monoisotopic (exact) mass is 427 g/mol. The maximum absolute atomic E-state index is 12.8. The largest absolute Gasteiger partial charge is 0.493 e. The van der Waals surface area contributed by atoms with E-state index in [0.29, 0.717) is 30.3 Å². The Morgan fingerprint density at radius 2 is 1.94 bits per heavy atom. The first-order valence-electron chi connectivity index (χ1n) is 10.2. The average molecular weight is 427 g/mol. The van der Waals surface area contributed by atoms with Crippen LogP contribution in [-0.2, 0) is 29.1 Å². The van der Waals surface area contributed by atoms with E-state index in [1.54, 1.807) is 31.3 Å². The van der Waals surface area contributed by atoms with Crippen molar-refractivity contribution in [2.24, 2.45) is 0 Å². The number of nitrogens with one attached hydrogen (secondary N) is 1. The van der Waals surface area contributed by atoms with E-state index in [0.717, 1.165) is 22.4 Å². The molecule has 1 atom stereocenters. The van der Waals surface area contributed by atoms with Gasteiger partial charge in [-0.05, 0) is 48.2 Å². The van der Waals surface area contributed by atoms with Gasteiger partial charge in [0.05, 0.1) is 27.0 Å². The molecule has 2 aromatic rings. The number of ether oxygens (including phenoxy) is 2. The van der Waals surface area contributed by atoms with Crippen molar-refractivity contribution in [3.05, 3.63) is 47.4 Å². The Bertz CT molecular complexity index is 987. The molecular formula is C22H25N3O6. The van der Waals surface area contributed by atoms with Crippen LogP contribution in [0.4, 0.5) is 4.79 Å². The fourth-order valence-corrected chi connectivity index (χ4v) is 4.00. The van der Waals surface area contributed by atoms with Gasteiger partial charge in [0.15, 0.2) is 11.5 Å². The quantitative estimate of drug-likeness (QED) is 0.679. The minimum absolute atomic E-state index is 0.0491. The summed E-state index contributed by atoms with van der Waals surface area (Å²) in [6.07, 6.45) is 2.64. The molecule has 1 fully saturated rings. The van der Waals surface area contributed by atoms with E-state index < -0.39 is 12.1 Å². The van der Waals surface area contributed by atoms with Crippen LogP contribution in [0.5, 0.6) is 11.5 Å². The number of amides is 4. The van der Waals surface area contributed by atoms with Crippen molar-refractivity contribution in [2.45, 2.75) is 38.4 Å². The zero-order chi connectivity index (χ0) is 22.0. The minimum Gasteiger partial charge on any atom is -0.493 e. The van der Waals surface area contributed by atoms with E-state index in [2.05, 4.69) is 5.32 Å². The van der Waals surface area contributed by atoms with Crippen LogP contribution in [0, 0.1) is 0 Å². The van der Waals surface area contributed by atoms with Crippen LogP contribution in [-0.4, -0.2) is 54.5 Å². The number of methoxy groups -OCH3 is 2. The number of hydrogen-bond donors (Lipinski definition) is 1. The van der Waals surface area contributed by atoms with Crippen molar-refractivity contribution in [3.63, 3.8) is 0 Å². The van der Waals surface area contributed by atoms with Crippen molar-refractivity contribution in [1.82, 2.24) is 15.1 Å². The van der Waals surface area contributed by atoms with E-state index in [4.69, 9.17) is 13.9 Å². The Balaban J connectivity index is 1.34. The second kappa shape index (κ2) is 8.71. The average Bonchev–Trinajstić information content (AvgIpc) is 3.39. The first-order valence-corrected chi connectivity index (χ1v) is 10.2. The molecule has 0 spiro atoms. The molecule has 0 radical (unpaired) electrons. The Morgan fingerprint density at radius 3 is 2.61 bits per heavy atom. The fourth-order valence-electron chi connectivity index (χ4n) is 4.00. The number of carbonyl (C=O) groups is 3. The number of imide groups is 1. The van der Waals surface area contributed by atoms with E-state index in [1.165, 1.54) is 6.26 Å². The maximum Gasteiger partial charge on any atom is 0.325 e. The first kappa shape index (κ1) is 20.8. The predicted octanol–water partition coefficient (Wildman–Crippen LogP) is 2.08. The lowest BCUT2D eigenvalue weighted by molar-refractivity contribution is -0.132. The van der Waals surface area contributed by atoms with Gasteiger partial charge in [-0.25, -0.2) is 4.79 Å². The second-order valence-electron chi connectivity index (χ2n) is 7.59.